The van der Waals surface area contributed by atoms with Gasteiger partial charge >= 0.3 is 0 Å². The zero-order valence-electron chi connectivity index (χ0n) is 13.4. The van der Waals surface area contributed by atoms with Crippen LogP contribution in [0.5, 0.6) is 0 Å². The number of amides is 1. The maximum absolute atomic E-state index is 12.4. The van der Waals surface area contributed by atoms with Crippen LogP contribution in [0.3, 0.4) is 0 Å². The third-order valence-corrected chi connectivity index (χ3v) is 4.23. The smallest absolute Gasteiger partial charge is 0.261 e. The Bertz CT molecular complexity index is 771. The lowest BCUT2D eigenvalue weighted by Gasteiger charge is -2.36. The van der Waals surface area contributed by atoms with Crippen molar-refractivity contribution in [1.82, 2.24) is 14.5 Å². The van der Waals surface area contributed by atoms with Crippen molar-refractivity contribution in [3.63, 3.8) is 0 Å². The van der Waals surface area contributed by atoms with Crippen molar-refractivity contribution in [3.8, 4) is 0 Å². The molecule has 2 atom stereocenters. The van der Waals surface area contributed by atoms with Gasteiger partial charge in [0.15, 0.2) is 0 Å². The molecule has 122 valence electrons. The zero-order chi connectivity index (χ0) is 16.4. The summed E-state index contributed by atoms with van der Waals surface area (Å²) in [6, 6.07) is 7.31. The lowest BCUT2D eigenvalue weighted by atomic mass is 10.2. The molecule has 1 amide bonds. The van der Waals surface area contributed by atoms with Gasteiger partial charge in [-0.25, -0.2) is 4.98 Å². The number of hydrogen-bond acceptors (Lipinski definition) is 4. The average molecular weight is 315 g/mol. The number of carbonyl (C=O) groups excluding carboxylic acids is 1. The van der Waals surface area contributed by atoms with Gasteiger partial charge in [-0.2, -0.15) is 0 Å². The summed E-state index contributed by atoms with van der Waals surface area (Å²) in [5, 5.41) is 0.579. The molecule has 0 bridgehead atoms. The van der Waals surface area contributed by atoms with Crippen LogP contribution in [0.4, 0.5) is 0 Å². The molecule has 23 heavy (non-hydrogen) atoms. The molecule has 1 fully saturated rings. The predicted molar refractivity (Wildman–Crippen MR) is 87.2 cm³/mol. The summed E-state index contributed by atoms with van der Waals surface area (Å²) in [5.74, 6) is 0.0488. The highest BCUT2D eigenvalue weighted by Crippen LogP contribution is 2.13. The molecule has 1 aliphatic heterocycles. The lowest BCUT2D eigenvalue weighted by Crippen LogP contribution is -2.50. The van der Waals surface area contributed by atoms with E-state index in [2.05, 4.69) is 4.98 Å². The molecule has 1 aromatic carbocycles. The first-order valence-electron chi connectivity index (χ1n) is 7.91. The highest BCUT2D eigenvalue weighted by Gasteiger charge is 2.27. The van der Waals surface area contributed by atoms with Gasteiger partial charge in [-0.1, -0.05) is 12.1 Å². The zero-order valence-corrected chi connectivity index (χ0v) is 13.4. The minimum Gasteiger partial charge on any atom is -0.375 e. The SMILES string of the molecule is CC1CN(C(=O)CCn2cnc3ccccc3c2=O)C(C)CO1. The van der Waals surface area contributed by atoms with Gasteiger partial charge in [-0.15, -0.1) is 0 Å². The largest absolute Gasteiger partial charge is 0.375 e. The summed E-state index contributed by atoms with van der Waals surface area (Å²) >= 11 is 0. The van der Waals surface area contributed by atoms with Crippen LogP contribution in [0.15, 0.2) is 35.4 Å². The van der Waals surface area contributed by atoms with Crippen molar-refractivity contribution < 1.29 is 9.53 Å². The Balaban J connectivity index is 1.72. The van der Waals surface area contributed by atoms with Crippen molar-refractivity contribution in [2.75, 3.05) is 13.2 Å². The molecule has 0 radical (unpaired) electrons. The van der Waals surface area contributed by atoms with Gasteiger partial charge in [-0.3, -0.25) is 14.2 Å². The summed E-state index contributed by atoms with van der Waals surface area (Å²) in [7, 11) is 0. The van der Waals surface area contributed by atoms with E-state index in [4.69, 9.17) is 4.74 Å². The number of aryl methyl sites for hydroxylation is 1. The van der Waals surface area contributed by atoms with E-state index in [1.807, 2.05) is 36.9 Å². The summed E-state index contributed by atoms with van der Waals surface area (Å²) in [6.07, 6.45) is 1.86. The molecule has 2 aromatic rings. The van der Waals surface area contributed by atoms with Gasteiger partial charge < -0.3 is 9.64 Å². The topological polar surface area (TPSA) is 64.4 Å². The highest BCUT2D eigenvalue weighted by atomic mass is 16.5. The van der Waals surface area contributed by atoms with E-state index in [1.54, 1.807) is 6.07 Å². The van der Waals surface area contributed by atoms with Gasteiger partial charge in [0.2, 0.25) is 5.91 Å². The predicted octanol–water partition coefficient (Wildman–Crippen LogP) is 1.42. The number of rotatable bonds is 3. The number of benzene rings is 1. The van der Waals surface area contributed by atoms with Crippen LogP contribution >= 0.6 is 0 Å². The maximum atomic E-state index is 12.4. The van der Waals surface area contributed by atoms with Crippen molar-refractivity contribution in [2.45, 2.75) is 39.0 Å². The Morgan fingerprint density at radius 1 is 1.35 bits per heavy atom. The van der Waals surface area contributed by atoms with Crippen molar-refractivity contribution in [3.05, 3.63) is 40.9 Å². The minimum absolute atomic E-state index is 0.0488. The Morgan fingerprint density at radius 2 is 2.13 bits per heavy atom. The molecule has 0 aliphatic carbocycles. The fraction of sp³-hybridized carbons (Fsp3) is 0.471. The Hall–Kier alpha value is -2.21. The van der Waals surface area contributed by atoms with Crippen LogP contribution in [0.1, 0.15) is 20.3 Å². The molecular weight excluding hydrogens is 294 g/mol. The second-order valence-corrected chi connectivity index (χ2v) is 6.05. The Labute approximate surface area is 134 Å². The molecule has 0 N–H and O–H groups in total. The van der Waals surface area contributed by atoms with E-state index < -0.39 is 0 Å². The van der Waals surface area contributed by atoms with Crippen molar-refractivity contribution in [1.29, 1.82) is 0 Å². The van der Waals surface area contributed by atoms with Crippen LogP contribution in [0.25, 0.3) is 10.9 Å². The summed E-state index contributed by atoms with van der Waals surface area (Å²) < 4.78 is 7.05. The first kappa shape index (κ1) is 15.7. The van der Waals surface area contributed by atoms with E-state index in [-0.39, 0.29) is 30.0 Å². The normalized spacial score (nSPS) is 21.6. The van der Waals surface area contributed by atoms with E-state index in [9.17, 15) is 9.59 Å². The minimum atomic E-state index is -0.105. The Kier molecular flexibility index (Phi) is 4.43. The highest BCUT2D eigenvalue weighted by molar-refractivity contribution is 5.78. The first-order chi connectivity index (χ1) is 11.1. The summed E-state index contributed by atoms with van der Waals surface area (Å²) in [5.41, 5.74) is 0.572. The van der Waals surface area contributed by atoms with Crippen LogP contribution in [-0.4, -0.2) is 45.7 Å². The second-order valence-electron chi connectivity index (χ2n) is 6.05. The molecule has 1 aliphatic rings. The monoisotopic (exact) mass is 315 g/mol. The number of morpholine rings is 1. The molecule has 2 heterocycles. The van der Waals surface area contributed by atoms with Gasteiger partial charge in [0.1, 0.15) is 0 Å². The molecule has 6 heteroatoms. The number of aromatic nitrogens is 2. The van der Waals surface area contributed by atoms with Gasteiger partial charge in [-0.05, 0) is 26.0 Å². The quantitative estimate of drug-likeness (QED) is 0.859. The Morgan fingerprint density at radius 3 is 2.96 bits per heavy atom. The van der Waals surface area contributed by atoms with E-state index in [0.717, 1.165) is 0 Å². The van der Waals surface area contributed by atoms with Crippen LogP contribution < -0.4 is 5.56 Å². The van der Waals surface area contributed by atoms with Gasteiger partial charge in [0.05, 0.1) is 36.0 Å². The van der Waals surface area contributed by atoms with Crippen LogP contribution in [-0.2, 0) is 16.1 Å². The number of nitrogens with zero attached hydrogens (tertiary/aromatic N) is 3. The molecular formula is C17H21N3O3. The third-order valence-electron chi connectivity index (χ3n) is 4.23. The molecule has 3 rings (SSSR count). The van der Waals surface area contributed by atoms with E-state index >= 15 is 0 Å². The molecule has 0 saturated carbocycles. The maximum Gasteiger partial charge on any atom is 0.261 e. The summed E-state index contributed by atoms with van der Waals surface area (Å²) in [6.45, 7) is 5.45. The number of ether oxygens (including phenoxy) is 1. The fourth-order valence-corrected chi connectivity index (χ4v) is 2.88. The van der Waals surface area contributed by atoms with E-state index in [0.29, 0.717) is 30.6 Å². The van der Waals surface area contributed by atoms with E-state index in [1.165, 1.54) is 10.9 Å². The number of hydrogen-bond donors (Lipinski definition) is 0. The fourth-order valence-electron chi connectivity index (χ4n) is 2.88. The van der Waals surface area contributed by atoms with Crippen molar-refractivity contribution in [2.24, 2.45) is 0 Å². The molecule has 2 unspecified atom stereocenters. The standard InChI is InChI=1S/C17H21N3O3/c1-12-10-23-13(2)9-20(12)16(21)7-8-19-11-18-15-6-4-3-5-14(15)17(19)22/h3-6,11-13H,7-10H2,1-2H3. The first-order valence-corrected chi connectivity index (χ1v) is 7.91. The molecule has 6 nitrogen and oxygen atoms in total. The van der Waals surface area contributed by atoms with Crippen molar-refractivity contribution >= 4 is 16.8 Å². The molecule has 1 saturated heterocycles. The number of para-hydroxylation sites is 1. The third kappa shape index (κ3) is 3.27. The van der Waals surface area contributed by atoms with Gasteiger partial charge in [0.25, 0.3) is 5.56 Å². The molecule has 1 aromatic heterocycles. The molecule has 0 spiro atoms. The number of carbonyl (C=O) groups is 1. The second kappa shape index (κ2) is 6.50. The van der Waals surface area contributed by atoms with Crippen LogP contribution in [0.2, 0.25) is 0 Å². The van der Waals surface area contributed by atoms with Crippen LogP contribution in [0, 0.1) is 0 Å². The lowest BCUT2D eigenvalue weighted by molar-refractivity contribution is -0.143. The summed E-state index contributed by atoms with van der Waals surface area (Å²) in [4.78, 5) is 31.0. The average Bonchev–Trinajstić information content (AvgIpc) is 2.56. The van der Waals surface area contributed by atoms with Gasteiger partial charge in [0, 0.05) is 19.5 Å². The number of fused-ring (bicyclic) bond motifs is 1.